The van der Waals surface area contributed by atoms with Crippen LogP contribution in [-0.2, 0) is 16.1 Å². The van der Waals surface area contributed by atoms with Crippen molar-refractivity contribution in [3.05, 3.63) is 51.2 Å². The molecule has 0 saturated carbocycles. The van der Waals surface area contributed by atoms with Gasteiger partial charge in [0, 0.05) is 17.1 Å². The highest BCUT2D eigenvalue weighted by Crippen LogP contribution is 2.24. The number of thioether (sulfide) groups is 1. The number of carbonyl (C=O) groups excluding carboxylic acids is 2. The number of rotatable bonds is 8. The molecule has 4 nitrogen and oxygen atoms in total. The summed E-state index contributed by atoms with van der Waals surface area (Å²) in [7, 11) is 0. The molecule has 1 atom stereocenters. The summed E-state index contributed by atoms with van der Waals surface area (Å²) < 4.78 is 0.721. The summed E-state index contributed by atoms with van der Waals surface area (Å²) in [5.74, 6) is 0.167. The summed E-state index contributed by atoms with van der Waals surface area (Å²) in [6.45, 7) is 6.96. The lowest BCUT2D eigenvalue weighted by Gasteiger charge is -2.23. The van der Waals surface area contributed by atoms with Crippen molar-refractivity contribution in [2.24, 2.45) is 0 Å². The first kappa shape index (κ1) is 20.8. The molecule has 1 heterocycles. The Morgan fingerprint density at radius 2 is 1.92 bits per heavy atom. The Bertz CT molecular complexity index is 746. The molecule has 7 heteroatoms. The Balaban J connectivity index is 1.82. The molecule has 0 saturated heterocycles. The van der Waals surface area contributed by atoms with Gasteiger partial charge in [-0.05, 0) is 45.0 Å². The molecule has 1 aromatic carbocycles. The Morgan fingerprint density at radius 1 is 1.23 bits per heavy atom. The van der Waals surface area contributed by atoms with E-state index in [1.54, 1.807) is 4.90 Å². The van der Waals surface area contributed by atoms with E-state index in [-0.39, 0.29) is 22.8 Å². The van der Waals surface area contributed by atoms with Gasteiger partial charge in [-0.25, -0.2) is 0 Å². The van der Waals surface area contributed by atoms with Crippen LogP contribution in [0.15, 0.2) is 36.4 Å². The average molecular weight is 411 g/mol. The van der Waals surface area contributed by atoms with E-state index in [0.717, 1.165) is 20.5 Å². The highest BCUT2D eigenvalue weighted by Gasteiger charge is 2.21. The van der Waals surface area contributed by atoms with Crippen LogP contribution in [0.5, 0.6) is 0 Å². The van der Waals surface area contributed by atoms with Crippen molar-refractivity contribution >= 4 is 52.2 Å². The standard InChI is InChI=1S/C19H23ClN2O2S2/c1-4-22(11-16-9-10-17(20)26-16)19(24)14(3)25-12-18(23)21-15-7-5-13(2)6-8-15/h5-10,14H,4,11-12H2,1-3H3,(H,21,23). The predicted octanol–water partition coefficient (Wildman–Crippen LogP) is 4.82. The summed E-state index contributed by atoms with van der Waals surface area (Å²) in [4.78, 5) is 27.6. The number of halogens is 1. The molecule has 0 spiro atoms. The lowest BCUT2D eigenvalue weighted by molar-refractivity contribution is -0.130. The smallest absolute Gasteiger partial charge is 0.235 e. The number of aryl methyl sites for hydroxylation is 1. The molecular weight excluding hydrogens is 388 g/mol. The number of amides is 2. The van der Waals surface area contributed by atoms with E-state index in [9.17, 15) is 9.59 Å². The molecule has 0 aliphatic heterocycles. The second-order valence-corrected chi connectivity index (χ2v) is 9.05. The molecule has 0 fully saturated rings. The Morgan fingerprint density at radius 3 is 2.50 bits per heavy atom. The van der Waals surface area contributed by atoms with Crippen LogP contribution in [0.1, 0.15) is 24.3 Å². The number of benzene rings is 1. The quantitative estimate of drug-likeness (QED) is 0.678. The molecule has 2 amide bonds. The number of carbonyl (C=O) groups is 2. The molecule has 0 radical (unpaired) electrons. The third kappa shape index (κ3) is 6.34. The molecule has 26 heavy (non-hydrogen) atoms. The average Bonchev–Trinajstić information content (AvgIpc) is 3.04. The summed E-state index contributed by atoms with van der Waals surface area (Å²) in [6.07, 6.45) is 0. The second kappa shape index (κ2) is 10.00. The largest absolute Gasteiger partial charge is 0.337 e. The second-order valence-electron chi connectivity index (χ2n) is 5.93. The summed E-state index contributed by atoms with van der Waals surface area (Å²) in [5, 5.41) is 2.57. The first-order valence-corrected chi connectivity index (χ1v) is 10.6. The van der Waals surface area contributed by atoms with E-state index >= 15 is 0 Å². The predicted molar refractivity (Wildman–Crippen MR) is 112 cm³/mol. The number of anilines is 1. The molecule has 0 aliphatic carbocycles. The number of nitrogens with zero attached hydrogens (tertiary/aromatic N) is 1. The topological polar surface area (TPSA) is 49.4 Å². The Labute approximate surface area is 167 Å². The van der Waals surface area contributed by atoms with Crippen molar-refractivity contribution in [1.82, 2.24) is 4.90 Å². The fourth-order valence-electron chi connectivity index (χ4n) is 2.33. The van der Waals surface area contributed by atoms with Gasteiger partial charge < -0.3 is 10.2 Å². The van der Waals surface area contributed by atoms with Gasteiger partial charge >= 0.3 is 0 Å². The van der Waals surface area contributed by atoms with Crippen LogP contribution >= 0.6 is 34.7 Å². The van der Waals surface area contributed by atoms with Gasteiger partial charge in [-0.2, -0.15) is 0 Å². The van der Waals surface area contributed by atoms with Crippen molar-refractivity contribution in [2.45, 2.75) is 32.6 Å². The van der Waals surface area contributed by atoms with Gasteiger partial charge in [-0.15, -0.1) is 23.1 Å². The van der Waals surface area contributed by atoms with Gasteiger partial charge in [0.05, 0.1) is 21.9 Å². The zero-order valence-corrected chi connectivity index (χ0v) is 17.5. The van der Waals surface area contributed by atoms with Crippen molar-refractivity contribution in [2.75, 3.05) is 17.6 Å². The Kier molecular flexibility index (Phi) is 8.00. The van der Waals surface area contributed by atoms with E-state index in [1.807, 2.05) is 57.2 Å². The van der Waals surface area contributed by atoms with Crippen molar-refractivity contribution in [1.29, 1.82) is 0 Å². The summed E-state index contributed by atoms with van der Waals surface area (Å²) in [5.41, 5.74) is 1.91. The minimum Gasteiger partial charge on any atom is -0.337 e. The lowest BCUT2D eigenvalue weighted by Crippen LogP contribution is -2.36. The molecule has 0 aliphatic rings. The van der Waals surface area contributed by atoms with E-state index < -0.39 is 0 Å². The monoisotopic (exact) mass is 410 g/mol. The van der Waals surface area contributed by atoms with Crippen LogP contribution in [0.25, 0.3) is 0 Å². The molecule has 140 valence electrons. The highest BCUT2D eigenvalue weighted by atomic mass is 35.5. The normalized spacial score (nSPS) is 11.8. The maximum Gasteiger partial charge on any atom is 0.235 e. The van der Waals surface area contributed by atoms with Gasteiger partial charge in [-0.1, -0.05) is 29.3 Å². The van der Waals surface area contributed by atoms with E-state index in [1.165, 1.54) is 23.1 Å². The van der Waals surface area contributed by atoms with Crippen molar-refractivity contribution in [3.8, 4) is 0 Å². The molecule has 1 aromatic heterocycles. The van der Waals surface area contributed by atoms with E-state index in [0.29, 0.717) is 13.1 Å². The van der Waals surface area contributed by atoms with E-state index in [4.69, 9.17) is 11.6 Å². The minimum atomic E-state index is -0.283. The minimum absolute atomic E-state index is 0.0326. The summed E-state index contributed by atoms with van der Waals surface area (Å²) >= 11 is 8.79. The van der Waals surface area contributed by atoms with Gasteiger partial charge in [0.2, 0.25) is 11.8 Å². The first-order chi connectivity index (χ1) is 12.4. The van der Waals surface area contributed by atoms with E-state index in [2.05, 4.69) is 5.32 Å². The number of hydrogen-bond donors (Lipinski definition) is 1. The van der Waals surface area contributed by atoms with Gasteiger partial charge in [0.1, 0.15) is 0 Å². The van der Waals surface area contributed by atoms with Gasteiger partial charge in [-0.3, -0.25) is 9.59 Å². The molecule has 2 rings (SSSR count). The van der Waals surface area contributed by atoms with Gasteiger partial charge in [0.25, 0.3) is 0 Å². The summed E-state index contributed by atoms with van der Waals surface area (Å²) in [6, 6.07) is 11.4. The zero-order chi connectivity index (χ0) is 19.1. The van der Waals surface area contributed by atoms with Crippen LogP contribution < -0.4 is 5.32 Å². The first-order valence-electron chi connectivity index (χ1n) is 8.40. The van der Waals surface area contributed by atoms with Crippen LogP contribution in [0.3, 0.4) is 0 Å². The Hall–Kier alpha value is -1.50. The van der Waals surface area contributed by atoms with Crippen LogP contribution in [0.4, 0.5) is 5.69 Å². The third-order valence-corrected chi connectivity index (χ3v) is 6.16. The van der Waals surface area contributed by atoms with Crippen LogP contribution in [-0.4, -0.2) is 34.3 Å². The maximum absolute atomic E-state index is 12.6. The van der Waals surface area contributed by atoms with Crippen LogP contribution in [0.2, 0.25) is 4.34 Å². The maximum atomic E-state index is 12.6. The van der Waals surface area contributed by atoms with Crippen molar-refractivity contribution in [3.63, 3.8) is 0 Å². The number of thiophene rings is 1. The third-order valence-electron chi connectivity index (χ3n) is 3.82. The van der Waals surface area contributed by atoms with Crippen LogP contribution in [0, 0.1) is 6.92 Å². The molecule has 1 N–H and O–H groups in total. The fourth-order valence-corrected chi connectivity index (χ4v) is 4.20. The fraction of sp³-hybridized carbons (Fsp3) is 0.368. The number of nitrogens with one attached hydrogen (secondary N) is 1. The number of hydrogen-bond acceptors (Lipinski definition) is 4. The molecule has 2 aromatic rings. The molecule has 0 bridgehead atoms. The zero-order valence-electron chi connectivity index (χ0n) is 15.1. The lowest BCUT2D eigenvalue weighted by atomic mass is 10.2. The molecule has 1 unspecified atom stereocenters. The van der Waals surface area contributed by atoms with Crippen molar-refractivity contribution < 1.29 is 9.59 Å². The van der Waals surface area contributed by atoms with Gasteiger partial charge in [0.15, 0.2) is 0 Å². The molecular formula is C19H23ClN2O2S2. The SMILES string of the molecule is CCN(Cc1ccc(Cl)s1)C(=O)C(C)SCC(=O)Nc1ccc(C)cc1. The highest BCUT2D eigenvalue weighted by molar-refractivity contribution is 8.01.